The molecule has 5 nitrogen and oxygen atoms in total. The number of hydrogen-bond donors (Lipinski definition) is 1. The first-order valence-electron chi connectivity index (χ1n) is 5.13. The fourth-order valence-electron chi connectivity index (χ4n) is 1.50. The van der Waals surface area contributed by atoms with E-state index >= 15 is 0 Å². The van der Waals surface area contributed by atoms with Gasteiger partial charge in [-0.3, -0.25) is 15.1 Å². The molecule has 0 spiro atoms. The topological polar surface area (TPSA) is 68.1 Å². The second kappa shape index (κ2) is 5.07. The van der Waals surface area contributed by atoms with Crippen LogP contribution in [0.3, 0.4) is 0 Å². The van der Waals surface area contributed by atoms with Crippen LogP contribution in [0.5, 0.6) is 0 Å². The van der Waals surface area contributed by atoms with Crippen LogP contribution >= 0.6 is 0 Å². The summed E-state index contributed by atoms with van der Waals surface area (Å²) < 4.78 is 0. The predicted molar refractivity (Wildman–Crippen MR) is 64.7 cm³/mol. The van der Waals surface area contributed by atoms with Crippen molar-refractivity contribution in [3.63, 3.8) is 0 Å². The molecule has 0 aliphatic carbocycles. The van der Waals surface area contributed by atoms with Crippen LogP contribution in [0.15, 0.2) is 48.8 Å². The number of nitrogens with one attached hydrogen (secondary N) is 1. The molecule has 1 N–H and O–H groups in total. The maximum Gasteiger partial charge on any atom is 0.274 e. The third kappa shape index (κ3) is 2.78. The first kappa shape index (κ1) is 11.1. The molecule has 0 radical (unpaired) electrons. The monoisotopic (exact) mass is 229 g/mol. The number of benzene rings is 1. The molecule has 0 unspecified atom stereocenters. The molecule has 5 heteroatoms. The van der Waals surface area contributed by atoms with E-state index in [1.54, 1.807) is 30.6 Å². The SMILES string of the molecule is O=[N+]([O-])c1ccccc1CNc1cccnc1. The van der Waals surface area contributed by atoms with E-state index in [0.717, 1.165) is 5.69 Å². The normalized spacial score (nSPS) is 9.88. The van der Waals surface area contributed by atoms with Gasteiger partial charge in [0.05, 0.1) is 10.6 Å². The molecule has 0 bridgehead atoms. The third-order valence-electron chi connectivity index (χ3n) is 2.33. The molecule has 86 valence electrons. The quantitative estimate of drug-likeness (QED) is 0.646. The number of nitro groups is 1. The molecule has 2 aromatic rings. The van der Waals surface area contributed by atoms with Gasteiger partial charge in [-0.05, 0) is 12.1 Å². The predicted octanol–water partition coefficient (Wildman–Crippen LogP) is 2.60. The molecule has 0 atom stereocenters. The van der Waals surface area contributed by atoms with Crippen LogP contribution in [0.2, 0.25) is 0 Å². The standard InChI is InChI=1S/C12H11N3O2/c16-15(17)12-6-2-1-4-10(12)8-14-11-5-3-7-13-9-11/h1-7,9,14H,8H2. The molecule has 17 heavy (non-hydrogen) atoms. The van der Waals surface area contributed by atoms with Gasteiger partial charge in [0, 0.05) is 30.6 Å². The molecule has 2 rings (SSSR count). The van der Waals surface area contributed by atoms with Crippen molar-refractivity contribution < 1.29 is 4.92 Å². The summed E-state index contributed by atoms with van der Waals surface area (Å²) in [7, 11) is 0. The second-order valence-electron chi connectivity index (χ2n) is 3.48. The lowest BCUT2D eigenvalue weighted by atomic mass is 10.2. The highest BCUT2D eigenvalue weighted by molar-refractivity contribution is 5.45. The number of aromatic nitrogens is 1. The van der Waals surface area contributed by atoms with Crippen LogP contribution in [-0.4, -0.2) is 9.91 Å². The van der Waals surface area contributed by atoms with Gasteiger partial charge in [0.1, 0.15) is 0 Å². The Bertz CT molecular complexity index is 514. The number of rotatable bonds is 4. The Kier molecular flexibility index (Phi) is 3.30. The Balaban J connectivity index is 2.12. The minimum Gasteiger partial charge on any atom is -0.379 e. The summed E-state index contributed by atoms with van der Waals surface area (Å²) in [6.07, 6.45) is 3.35. The van der Waals surface area contributed by atoms with Crippen molar-refractivity contribution in [2.24, 2.45) is 0 Å². The summed E-state index contributed by atoms with van der Waals surface area (Å²) in [5.74, 6) is 0. The fraction of sp³-hybridized carbons (Fsp3) is 0.0833. The number of nitrogens with zero attached hydrogens (tertiary/aromatic N) is 2. The Hall–Kier alpha value is -2.43. The largest absolute Gasteiger partial charge is 0.379 e. The van der Waals surface area contributed by atoms with Crippen molar-refractivity contribution in [1.29, 1.82) is 0 Å². The first-order valence-corrected chi connectivity index (χ1v) is 5.13. The van der Waals surface area contributed by atoms with E-state index in [0.29, 0.717) is 12.1 Å². The molecule has 1 heterocycles. The van der Waals surface area contributed by atoms with Gasteiger partial charge in [-0.15, -0.1) is 0 Å². The maximum atomic E-state index is 10.8. The molecule has 0 amide bonds. The van der Waals surface area contributed by atoms with E-state index in [-0.39, 0.29) is 10.6 Å². The zero-order valence-electron chi connectivity index (χ0n) is 9.04. The van der Waals surface area contributed by atoms with Crippen molar-refractivity contribution in [3.05, 3.63) is 64.5 Å². The molecule has 1 aromatic carbocycles. The number of pyridine rings is 1. The highest BCUT2D eigenvalue weighted by Gasteiger charge is 2.11. The van der Waals surface area contributed by atoms with E-state index in [2.05, 4.69) is 10.3 Å². The molecule has 0 saturated heterocycles. The van der Waals surface area contributed by atoms with Gasteiger partial charge in [-0.1, -0.05) is 18.2 Å². The van der Waals surface area contributed by atoms with E-state index in [4.69, 9.17) is 0 Å². The van der Waals surface area contributed by atoms with Crippen LogP contribution in [0.25, 0.3) is 0 Å². The zero-order valence-corrected chi connectivity index (χ0v) is 9.04. The van der Waals surface area contributed by atoms with E-state index in [1.165, 1.54) is 6.07 Å². The molecule has 0 saturated carbocycles. The highest BCUT2D eigenvalue weighted by Crippen LogP contribution is 2.18. The van der Waals surface area contributed by atoms with Crippen molar-refractivity contribution in [2.45, 2.75) is 6.54 Å². The maximum absolute atomic E-state index is 10.8. The molecule has 0 aliphatic rings. The first-order chi connectivity index (χ1) is 8.27. The van der Waals surface area contributed by atoms with Gasteiger partial charge in [0.15, 0.2) is 0 Å². The Labute approximate surface area is 98.3 Å². The van der Waals surface area contributed by atoms with Gasteiger partial charge in [-0.2, -0.15) is 0 Å². The summed E-state index contributed by atoms with van der Waals surface area (Å²) >= 11 is 0. The van der Waals surface area contributed by atoms with Crippen LogP contribution in [0.4, 0.5) is 11.4 Å². The fourth-order valence-corrected chi connectivity index (χ4v) is 1.50. The minimum absolute atomic E-state index is 0.129. The molecule has 0 fully saturated rings. The molecule has 0 aliphatic heterocycles. The average Bonchev–Trinajstić information content (AvgIpc) is 2.38. The van der Waals surface area contributed by atoms with Gasteiger partial charge < -0.3 is 5.32 Å². The van der Waals surface area contributed by atoms with Crippen LogP contribution < -0.4 is 5.32 Å². The number of para-hydroxylation sites is 1. The minimum atomic E-state index is -0.375. The molecular formula is C12H11N3O2. The lowest BCUT2D eigenvalue weighted by Crippen LogP contribution is -2.02. The van der Waals surface area contributed by atoms with Crippen molar-refractivity contribution >= 4 is 11.4 Å². The average molecular weight is 229 g/mol. The smallest absolute Gasteiger partial charge is 0.274 e. The number of hydrogen-bond acceptors (Lipinski definition) is 4. The Morgan fingerprint density at radius 3 is 2.76 bits per heavy atom. The summed E-state index contributed by atoms with van der Waals surface area (Å²) in [4.78, 5) is 14.4. The Morgan fingerprint density at radius 2 is 2.06 bits per heavy atom. The van der Waals surface area contributed by atoms with Gasteiger partial charge in [0.2, 0.25) is 0 Å². The Morgan fingerprint density at radius 1 is 1.24 bits per heavy atom. The van der Waals surface area contributed by atoms with E-state index < -0.39 is 0 Å². The highest BCUT2D eigenvalue weighted by atomic mass is 16.6. The van der Waals surface area contributed by atoms with Crippen molar-refractivity contribution in [1.82, 2.24) is 4.98 Å². The summed E-state index contributed by atoms with van der Waals surface area (Å²) in [6.45, 7) is 0.406. The van der Waals surface area contributed by atoms with Crippen LogP contribution in [0.1, 0.15) is 5.56 Å². The zero-order chi connectivity index (χ0) is 12.1. The van der Waals surface area contributed by atoms with Crippen molar-refractivity contribution in [3.8, 4) is 0 Å². The third-order valence-corrected chi connectivity index (χ3v) is 2.33. The number of anilines is 1. The van der Waals surface area contributed by atoms with Gasteiger partial charge >= 0.3 is 0 Å². The molecule has 1 aromatic heterocycles. The lowest BCUT2D eigenvalue weighted by molar-refractivity contribution is -0.385. The van der Waals surface area contributed by atoms with E-state index in [1.807, 2.05) is 12.1 Å². The van der Waals surface area contributed by atoms with Gasteiger partial charge in [0.25, 0.3) is 5.69 Å². The van der Waals surface area contributed by atoms with Gasteiger partial charge in [-0.25, -0.2) is 0 Å². The van der Waals surface area contributed by atoms with Crippen LogP contribution in [-0.2, 0) is 6.54 Å². The van der Waals surface area contributed by atoms with Crippen LogP contribution in [0, 0.1) is 10.1 Å². The summed E-state index contributed by atoms with van der Waals surface area (Å²) in [5.41, 5.74) is 1.62. The summed E-state index contributed by atoms with van der Waals surface area (Å²) in [5, 5.41) is 13.9. The lowest BCUT2D eigenvalue weighted by Gasteiger charge is -2.06. The number of nitro benzene ring substituents is 1. The summed E-state index contributed by atoms with van der Waals surface area (Å²) in [6, 6.07) is 10.4. The molecular weight excluding hydrogens is 218 g/mol. The van der Waals surface area contributed by atoms with Crippen molar-refractivity contribution in [2.75, 3.05) is 5.32 Å². The van der Waals surface area contributed by atoms with E-state index in [9.17, 15) is 10.1 Å². The second-order valence-corrected chi connectivity index (χ2v) is 3.48.